The number of ether oxygens (including phenoxy) is 1. The molecule has 0 aliphatic carbocycles. The molecule has 0 radical (unpaired) electrons. The number of aromatic nitrogens is 3. The van der Waals surface area contributed by atoms with E-state index in [1.807, 2.05) is 12.2 Å². The number of carbonyl (C=O) groups excluding carboxylic acids is 1. The minimum absolute atomic E-state index is 0.0133. The van der Waals surface area contributed by atoms with Crippen molar-refractivity contribution in [3.63, 3.8) is 0 Å². The number of fused-ring (bicyclic) bond motifs is 1. The monoisotopic (exact) mass is 455 g/mol. The molecule has 3 heterocycles. The van der Waals surface area contributed by atoms with Crippen LogP contribution in [0.4, 0.5) is 10.1 Å². The van der Waals surface area contributed by atoms with E-state index in [1.165, 1.54) is 18.3 Å². The van der Waals surface area contributed by atoms with Gasteiger partial charge in [0.25, 0.3) is 5.91 Å². The Hall–Kier alpha value is -4.59. The molecule has 8 heteroatoms. The fourth-order valence-electron chi connectivity index (χ4n) is 3.31. The third kappa shape index (κ3) is 5.07. The van der Waals surface area contributed by atoms with E-state index in [0.29, 0.717) is 34.5 Å². The van der Waals surface area contributed by atoms with Crippen molar-refractivity contribution in [3.8, 4) is 11.5 Å². The number of nitrogens with one attached hydrogen (secondary N) is 2. The number of allylic oxidation sites excluding steroid dienone is 3. The van der Waals surface area contributed by atoms with Gasteiger partial charge in [0, 0.05) is 61.8 Å². The molecule has 0 saturated carbocycles. The van der Waals surface area contributed by atoms with Crippen molar-refractivity contribution in [2.75, 3.05) is 12.4 Å². The summed E-state index contributed by atoms with van der Waals surface area (Å²) in [5, 5.41) is 3.34. The zero-order valence-corrected chi connectivity index (χ0v) is 18.5. The molecule has 170 valence electrons. The lowest BCUT2D eigenvalue weighted by Crippen LogP contribution is -2.12. The van der Waals surface area contributed by atoms with Crippen LogP contribution in [0.25, 0.3) is 16.6 Å². The van der Waals surface area contributed by atoms with Crippen LogP contribution in [0.2, 0.25) is 0 Å². The van der Waals surface area contributed by atoms with Crippen molar-refractivity contribution in [2.45, 2.75) is 6.42 Å². The van der Waals surface area contributed by atoms with E-state index in [0.717, 1.165) is 11.1 Å². The molecular weight excluding hydrogens is 433 g/mol. The number of nitrogens with zero attached hydrogens (tertiary/aromatic N) is 3. The SMILES string of the molecule is C=C(/C=C\CC=NC)c1c[nH]c2nccc(Oc3ccc(NC(=O)c4cccnc4)cc3F)c12. The maximum Gasteiger partial charge on any atom is 0.257 e. The molecule has 4 aromatic rings. The van der Waals surface area contributed by atoms with Crippen molar-refractivity contribution in [2.24, 2.45) is 4.99 Å². The molecule has 4 rings (SSSR count). The Morgan fingerprint density at radius 1 is 1.26 bits per heavy atom. The van der Waals surface area contributed by atoms with Crippen molar-refractivity contribution >= 4 is 34.4 Å². The number of rotatable bonds is 8. The molecule has 0 atom stereocenters. The quantitative estimate of drug-likeness (QED) is 0.259. The van der Waals surface area contributed by atoms with E-state index in [-0.39, 0.29) is 11.7 Å². The van der Waals surface area contributed by atoms with E-state index < -0.39 is 5.82 Å². The number of anilines is 1. The smallest absolute Gasteiger partial charge is 0.257 e. The van der Waals surface area contributed by atoms with E-state index in [9.17, 15) is 9.18 Å². The fraction of sp³-hybridized carbons (Fsp3) is 0.0769. The summed E-state index contributed by atoms with van der Waals surface area (Å²) in [7, 11) is 1.72. The zero-order chi connectivity index (χ0) is 23.9. The molecule has 0 bridgehead atoms. The number of carbonyl (C=O) groups is 1. The molecule has 1 amide bonds. The van der Waals surface area contributed by atoms with Gasteiger partial charge in [-0.05, 0) is 35.9 Å². The third-order valence-corrected chi connectivity index (χ3v) is 4.96. The Morgan fingerprint density at radius 3 is 2.91 bits per heavy atom. The summed E-state index contributed by atoms with van der Waals surface area (Å²) in [5.41, 5.74) is 2.82. The second-order valence-electron chi connectivity index (χ2n) is 7.28. The lowest BCUT2D eigenvalue weighted by Gasteiger charge is -2.11. The molecule has 0 unspecified atom stereocenters. The average molecular weight is 455 g/mol. The van der Waals surface area contributed by atoms with Gasteiger partial charge in [0.1, 0.15) is 11.4 Å². The Morgan fingerprint density at radius 2 is 2.15 bits per heavy atom. The molecule has 34 heavy (non-hydrogen) atoms. The van der Waals surface area contributed by atoms with Crippen LogP contribution in [0, 0.1) is 5.82 Å². The summed E-state index contributed by atoms with van der Waals surface area (Å²) in [6, 6.07) is 9.18. The molecule has 1 aromatic carbocycles. The maximum absolute atomic E-state index is 14.9. The number of benzene rings is 1. The van der Waals surface area contributed by atoms with Crippen LogP contribution in [0.5, 0.6) is 11.5 Å². The summed E-state index contributed by atoms with van der Waals surface area (Å²) >= 11 is 0. The number of amides is 1. The second kappa shape index (κ2) is 10.4. The van der Waals surface area contributed by atoms with E-state index in [4.69, 9.17) is 4.74 Å². The van der Waals surface area contributed by atoms with Gasteiger partial charge in [-0.1, -0.05) is 18.7 Å². The molecule has 7 nitrogen and oxygen atoms in total. The topological polar surface area (TPSA) is 92.3 Å². The lowest BCUT2D eigenvalue weighted by atomic mass is 10.1. The normalized spacial score (nSPS) is 11.4. The average Bonchev–Trinajstić information content (AvgIpc) is 3.29. The first-order valence-corrected chi connectivity index (χ1v) is 10.5. The Bertz CT molecular complexity index is 1390. The van der Waals surface area contributed by atoms with Gasteiger partial charge in [0.05, 0.1) is 10.9 Å². The highest BCUT2D eigenvalue weighted by Crippen LogP contribution is 2.35. The predicted octanol–water partition coefficient (Wildman–Crippen LogP) is 5.80. The molecule has 0 fully saturated rings. The van der Waals surface area contributed by atoms with Gasteiger partial charge in [-0.25, -0.2) is 9.37 Å². The van der Waals surface area contributed by atoms with Crippen LogP contribution in [0.3, 0.4) is 0 Å². The van der Waals surface area contributed by atoms with Gasteiger partial charge in [-0.2, -0.15) is 0 Å². The van der Waals surface area contributed by atoms with E-state index >= 15 is 0 Å². The number of aromatic amines is 1. The zero-order valence-electron chi connectivity index (χ0n) is 18.5. The first kappa shape index (κ1) is 22.6. The van der Waals surface area contributed by atoms with Crippen LogP contribution in [-0.4, -0.2) is 34.1 Å². The van der Waals surface area contributed by atoms with Gasteiger partial charge >= 0.3 is 0 Å². The minimum Gasteiger partial charge on any atom is -0.453 e. The highest BCUT2D eigenvalue weighted by atomic mass is 19.1. The third-order valence-electron chi connectivity index (χ3n) is 4.96. The fourth-order valence-corrected chi connectivity index (χ4v) is 3.31. The Labute approximate surface area is 195 Å². The number of halogens is 1. The first-order valence-electron chi connectivity index (χ1n) is 10.5. The van der Waals surface area contributed by atoms with Crippen molar-refractivity contribution < 1.29 is 13.9 Å². The largest absolute Gasteiger partial charge is 0.453 e. The number of aliphatic imine (C=N–C) groups is 1. The molecule has 0 aliphatic rings. The minimum atomic E-state index is -0.622. The van der Waals surface area contributed by atoms with Gasteiger partial charge in [0.15, 0.2) is 11.6 Å². The van der Waals surface area contributed by atoms with E-state index in [2.05, 4.69) is 31.8 Å². The molecule has 0 saturated heterocycles. The van der Waals surface area contributed by atoms with Crippen molar-refractivity contribution in [1.29, 1.82) is 0 Å². The molecule has 2 N–H and O–H groups in total. The summed E-state index contributed by atoms with van der Waals surface area (Å²) in [6.45, 7) is 4.12. The number of pyridine rings is 2. The molecule has 0 spiro atoms. The van der Waals surface area contributed by atoms with E-state index in [1.54, 1.807) is 56.1 Å². The predicted molar refractivity (Wildman–Crippen MR) is 132 cm³/mol. The number of hydrogen-bond acceptors (Lipinski definition) is 5. The summed E-state index contributed by atoms with van der Waals surface area (Å²) in [6.07, 6.45) is 12.7. The van der Waals surface area contributed by atoms with Gasteiger partial charge in [-0.15, -0.1) is 0 Å². The Balaban J connectivity index is 1.56. The number of hydrogen-bond donors (Lipinski definition) is 2. The van der Waals surface area contributed by atoms with Gasteiger partial charge in [0.2, 0.25) is 0 Å². The highest BCUT2D eigenvalue weighted by molar-refractivity contribution is 6.04. The first-order chi connectivity index (χ1) is 16.6. The molecule has 0 aliphatic heterocycles. The van der Waals surface area contributed by atoms with Crippen molar-refractivity contribution in [3.05, 3.63) is 96.9 Å². The summed E-state index contributed by atoms with van der Waals surface area (Å²) in [4.78, 5) is 27.6. The number of H-pyrrole nitrogens is 1. The summed E-state index contributed by atoms with van der Waals surface area (Å²) in [5.74, 6) is -0.564. The van der Waals surface area contributed by atoms with Crippen LogP contribution >= 0.6 is 0 Å². The molecular formula is C26H22FN5O2. The standard InChI is InChI=1S/C26H22FN5O2/c1-17(6-3-4-11-28-2)20-16-31-25-24(20)23(10-13-30-25)34-22-9-8-19(14-21(22)27)32-26(33)18-7-5-12-29-15-18/h3,5-16H,1,4H2,2H3,(H,30,31)(H,32,33)/b6-3-,28-11?. The van der Waals surface area contributed by atoms with Crippen LogP contribution in [0.1, 0.15) is 22.3 Å². The van der Waals surface area contributed by atoms with Gasteiger partial charge < -0.3 is 20.0 Å². The van der Waals surface area contributed by atoms with Crippen LogP contribution in [-0.2, 0) is 0 Å². The highest BCUT2D eigenvalue weighted by Gasteiger charge is 2.15. The summed E-state index contributed by atoms with van der Waals surface area (Å²) < 4.78 is 20.8. The molecule has 3 aromatic heterocycles. The van der Waals surface area contributed by atoms with Gasteiger partial charge in [-0.3, -0.25) is 9.78 Å². The maximum atomic E-state index is 14.9. The second-order valence-corrected chi connectivity index (χ2v) is 7.28. The van der Waals surface area contributed by atoms with Crippen molar-refractivity contribution in [1.82, 2.24) is 15.0 Å². The lowest BCUT2D eigenvalue weighted by molar-refractivity contribution is 0.102. The van der Waals surface area contributed by atoms with Crippen LogP contribution < -0.4 is 10.1 Å². The van der Waals surface area contributed by atoms with Crippen LogP contribution in [0.15, 0.2) is 84.9 Å². The Kier molecular flexibility index (Phi) is 6.88.